The second-order valence-electron chi connectivity index (χ2n) is 6.25. The number of fused-ring (bicyclic) bond motifs is 1. The first-order chi connectivity index (χ1) is 12.9. The van der Waals surface area contributed by atoms with Crippen molar-refractivity contribution in [3.05, 3.63) is 56.7 Å². The first-order valence-corrected chi connectivity index (χ1v) is 9.70. The summed E-state index contributed by atoms with van der Waals surface area (Å²) in [7, 11) is 1.23. The molecular weight excluding hydrogens is 390 g/mol. The summed E-state index contributed by atoms with van der Waals surface area (Å²) in [6.07, 6.45) is -0.708. The van der Waals surface area contributed by atoms with Crippen molar-refractivity contribution < 1.29 is 24.2 Å². The Morgan fingerprint density at radius 2 is 2.07 bits per heavy atom. The standard InChI is InChI=1S/C19H20ClNO5S/c1-12(22)17(23)26-19(18(24)25-2,14-5-3-4-6-15(14)20)21-9-7-16-13(11-21)8-10-27-16/h3-6,8,10,12,22H,7,9,11H2,1-2H3/t12?,19-/m0/s1. The van der Waals surface area contributed by atoms with Crippen molar-refractivity contribution in [2.75, 3.05) is 13.7 Å². The van der Waals surface area contributed by atoms with Gasteiger partial charge in [-0.1, -0.05) is 29.8 Å². The number of hydrogen-bond donors (Lipinski definition) is 1. The molecule has 1 unspecified atom stereocenters. The lowest BCUT2D eigenvalue weighted by atomic mass is 9.96. The van der Waals surface area contributed by atoms with Gasteiger partial charge in [0.2, 0.25) is 0 Å². The summed E-state index contributed by atoms with van der Waals surface area (Å²) >= 11 is 8.04. The SMILES string of the molecule is COC(=O)[C@@](OC(=O)C(C)O)(c1ccccc1Cl)N1CCc2sccc2C1. The molecule has 6 nitrogen and oxygen atoms in total. The lowest BCUT2D eigenvalue weighted by molar-refractivity contribution is -0.216. The summed E-state index contributed by atoms with van der Waals surface area (Å²) < 4.78 is 10.7. The molecule has 3 rings (SSSR count). The van der Waals surface area contributed by atoms with Gasteiger partial charge in [-0.3, -0.25) is 0 Å². The number of hydrogen-bond acceptors (Lipinski definition) is 7. The summed E-state index contributed by atoms with van der Waals surface area (Å²) in [5.74, 6) is -1.71. The number of benzene rings is 1. The summed E-state index contributed by atoms with van der Waals surface area (Å²) in [4.78, 5) is 28.3. The number of rotatable bonds is 5. The summed E-state index contributed by atoms with van der Waals surface area (Å²) in [5, 5.41) is 12.0. The molecule has 8 heteroatoms. The molecule has 0 spiro atoms. The van der Waals surface area contributed by atoms with Crippen molar-refractivity contribution in [3.63, 3.8) is 0 Å². The molecule has 1 aliphatic heterocycles. The maximum absolute atomic E-state index is 13.0. The van der Waals surface area contributed by atoms with Crippen LogP contribution in [0, 0.1) is 0 Å². The first kappa shape index (κ1) is 19.8. The Balaban J connectivity index is 2.16. The Kier molecular flexibility index (Phi) is 5.86. The van der Waals surface area contributed by atoms with Gasteiger partial charge in [0.1, 0.15) is 6.10 Å². The number of carbonyl (C=O) groups excluding carboxylic acids is 2. The van der Waals surface area contributed by atoms with E-state index in [0.717, 1.165) is 5.56 Å². The van der Waals surface area contributed by atoms with Gasteiger partial charge in [-0.25, -0.2) is 14.5 Å². The fraction of sp³-hybridized carbons (Fsp3) is 0.368. The molecule has 2 aromatic rings. The molecule has 0 saturated carbocycles. The number of aliphatic hydroxyl groups is 1. The van der Waals surface area contributed by atoms with Crippen molar-refractivity contribution in [2.45, 2.75) is 31.7 Å². The van der Waals surface area contributed by atoms with Crippen molar-refractivity contribution >= 4 is 34.9 Å². The fourth-order valence-corrected chi connectivity index (χ4v) is 4.35. The Bertz CT molecular complexity index is 852. The molecule has 1 aromatic heterocycles. The van der Waals surface area contributed by atoms with E-state index in [0.29, 0.717) is 25.1 Å². The second kappa shape index (κ2) is 7.98. The lowest BCUT2D eigenvalue weighted by Gasteiger charge is -2.42. The van der Waals surface area contributed by atoms with Crippen LogP contribution >= 0.6 is 22.9 Å². The molecule has 1 aliphatic rings. The normalized spacial score (nSPS) is 17.5. The third-order valence-electron chi connectivity index (χ3n) is 4.54. The summed E-state index contributed by atoms with van der Waals surface area (Å²) in [5.41, 5.74) is -0.535. The van der Waals surface area contributed by atoms with Gasteiger partial charge < -0.3 is 14.6 Å². The number of carbonyl (C=O) groups is 2. The summed E-state index contributed by atoms with van der Waals surface area (Å²) in [6, 6.07) is 8.65. The van der Waals surface area contributed by atoms with E-state index in [4.69, 9.17) is 21.1 Å². The van der Waals surface area contributed by atoms with Crippen LogP contribution in [-0.4, -0.2) is 41.7 Å². The van der Waals surface area contributed by atoms with Crippen molar-refractivity contribution in [1.82, 2.24) is 4.90 Å². The van der Waals surface area contributed by atoms with Crippen molar-refractivity contribution in [3.8, 4) is 0 Å². The Hall–Kier alpha value is -1.93. The number of methoxy groups -OCH3 is 1. The minimum Gasteiger partial charge on any atom is -0.465 e. The molecule has 0 amide bonds. The van der Waals surface area contributed by atoms with Crippen LogP contribution in [0.25, 0.3) is 0 Å². The van der Waals surface area contributed by atoms with E-state index < -0.39 is 23.8 Å². The average Bonchev–Trinajstić information content (AvgIpc) is 3.13. The van der Waals surface area contributed by atoms with Crippen LogP contribution in [0.3, 0.4) is 0 Å². The zero-order valence-corrected chi connectivity index (χ0v) is 16.5. The second-order valence-corrected chi connectivity index (χ2v) is 7.66. The van der Waals surface area contributed by atoms with Crippen LogP contribution in [0.5, 0.6) is 0 Å². The van der Waals surface area contributed by atoms with Gasteiger partial charge in [0.25, 0.3) is 5.72 Å². The molecule has 144 valence electrons. The predicted octanol–water partition coefficient (Wildman–Crippen LogP) is 2.71. The smallest absolute Gasteiger partial charge is 0.371 e. The zero-order valence-electron chi connectivity index (χ0n) is 15.0. The third-order valence-corrected chi connectivity index (χ3v) is 5.90. The molecule has 2 heterocycles. The maximum Gasteiger partial charge on any atom is 0.371 e. The molecule has 27 heavy (non-hydrogen) atoms. The van der Waals surface area contributed by atoms with Crippen LogP contribution in [0.4, 0.5) is 0 Å². The Morgan fingerprint density at radius 3 is 2.74 bits per heavy atom. The molecule has 0 radical (unpaired) electrons. The summed E-state index contributed by atoms with van der Waals surface area (Å²) in [6.45, 7) is 2.12. The third kappa shape index (κ3) is 3.60. The molecule has 1 aromatic carbocycles. The maximum atomic E-state index is 13.0. The Morgan fingerprint density at radius 1 is 1.33 bits per heavy atom. The monoisotopic (exact) mass is 409 g/mol. The van der Waals surface area contributed by atoms with Crippen molar-refractivity contribution in [1.29, 1.82) is 0 Å². The number of nitrogens with zero attached hydrogens (tertiary/aromatic N) is 1. The zero-order chi connectivity index (χ0) is 19.6. The number of thiophene rings is 1. The van der Waals surface area contributed by atoms with Gasteiger partial charge in [0.05, 0.1) is 7.11 Å². The largest absolute Gasteiger partial charge is 0.465 e. The minimum absolute atomic E-state index is 0.261. The van der Waals surface area contributed by atoms with Gasteiger partial charge in [-0.05, 0) is 36.4 Å². The van der Waals surface area contributed by atoms with Gasteiger partial charge >= 0.3 is 11.9 Å². The molecular formula is C19H20ClNO5S. The topological polar surface area (TPSA) is 76.1 Å². The number of halogens is 1. The van der Waals surface area contributed by atoms with Crippen LogP contribution in [0.15, 0.2) is 35.7 Å². The highest BCUT2D eigenvalue weighted by molar-refractivity contribution is 7.10. The van der Waals surface area contributed by atoms with Crippen LogP contribution < -0.4 is 0 Å². The van der Waals surface area contributed by atoms with E-state index >= 15 is 0 Å². The minimum atomic E-state index is -1.89. The molecule has 0 bridgehead atoms. The molecule has 1 N–H and O–H groups in total. The van der Waals surface area contributed by atoms with Crippen LogP contribution in [0.2, 0.25) is 5.02 Å². The first-order valence-electron chi connectivity index (χ1n) is 8.44. The van der Waals surface area contributed by atoms with Crippen LogP contribution in [0.1, 0.15) is 22.9 Å². The average molecular weight is 410 g/mol. The molecule has 0 saturated heterocycles. The Labute approximate surface area is 166 Å². The van der Waals surface area contributed by atoms with E-state index in [1.54, 1.807) is 40.5 Å². The number of esters is 2. The van der Waals surface area contributed by atoms with E-state index in [-0.39, 0.29) is 5.02 Å². The van der Waals surface area contributed by atoms with E-state index in [1.807, 2.05) is 11.4 Å². The fourth-order valence-electron chi connectivity index (χ4n) is 3.19. The predicted molar refractivity (Wildman–Crippen MR) is 101 cm³/mol. The molecule has 2 atom stereocenters. The molecule has 0 aliphatic carbocycles. The molecule has 0 fully saturated rings. The van der Waals surface area contributed by atoms with E-state index in [2.05, 4.69) is 0 Å². The lowest BCUT2D eigenvalue weighted by Crippen LogP contribution is -2.57. The highest BCUT2D eigenvalue weighted by Gasteiger charge is 2.53. The number of ether oxygens (including phenoxy) is 2. The quantitative estimate of drug-likeness (QED) is 0.765. The van der Waals surface area contributed by atoms with Gasteiger partial charge in [-0.15, -0.1) is 11.3 Å². The van der Waals surface area contributed by atoms with Crippen LogP contribution in [-0.2, 0) is 37.8 Å². The highest BCUT2D eigenvalue weighted by atomic mass is 35.5. The van der Waals surface area contributed by atoms with E-state index in [1.165, 1.54) is 18.9 Å². The van der Waals surface area contributed by atoms with Gasteiger partial charge in [0, 0.05) is 28.6 Å². The van der Waals surface area contributed by atoms with E-state index in [9.17, 15) is 14.7 Å². The number of aliphatic hydroxyl groups excluding tert-OH is 1. The highest BCUT2D eigenvalue weighted by Crippen LogP contribution is 2.40. The van der Waals surface area contributed by atoms with Gasteiger partial charge in [0.15, 0.2) is 0 Å². The van der Waals surface area contributed by atoms with Crippen molar-refractivity contribution in [2.24, 2.45) is 0 Å². The van der Waals surface area contributed by atoms with Gasteiger partial charge in [-0.2, -0.15) is 0 Å².